The van der Waals surface area contributed by atoms with Crippen LogP contribution in [-0.4, -0.2) is 19.1 Å². The summed E-state index contributed by atoms with van der Waals surface area (Å²) >= 11 is 0. The van der Waals surface area contributed by atoms with Crippen LogP contribution in [0.25, 0.3) is 0 Å². The third kappa shape index (κ3) is 3.06. The Kier molecular flexibility index (Phi) is 4.37. The molecule has 3 N–H and O–H groups in total. The monoisotopic (exact) mass is 218 g/mol. The second-order valence-electron chi connectivity index (χ2n) is 4.74. The lowest BCUT2D eigenvalue weighted by Gasteiger charge is -2.30. The van der Waals surface area contributed by atoms with Crippen molar-refractivity contribution in [2.45, 2.75) is 31.7 Å². The molecule has 1 aliphatic rings. The first-order valence-corrected chi connectivity index (χ1v) is 6.37. The van der Waals surface area contributed by atoms with Crippen molar-refractivity contribution in [1.82, 2.24) is 5.32 Å². The molecule has 1 heterocycles. The maximum Gasteiger partial charge on any atom is 0.0111 e. The van der Waals surface area contributed by atoms with E-state index in [9.17, 15) is 0 Å². The molecule has 2 heteroatoms. The molecule has 0 radical (unpaired) electrons. The molecule has 1 fully saturated rings. The van der Waals surface area contributed by atoms with Crippen molar-refractivity contribution in [1.29, 1.82) is 0 Å². The topological polar surface area (TPSA) is 38.0 Å². The maximum atomic E-state index is 5.91. The lowest BCUT2D eigenvalue weighted by atomic mass is 9.87. The highest BCUT2D eigenvalue weighted by Gasteiger charge is 2.21. The van der Waals surface area contributed by atoms with Crippen molar-refractivity contribution in [2.24, 2.45) is 11.7 Å². The lowest BCUT2D eigenvalue weighted by Crippen LogP contribution is -2.43. The van der Waals surface area contributed by atoms with Crippen LogP contribution in [0.15, 0.2) is 30.3 Å². The molecule has 2 nitrogen and oxygen atoms in total. The molecule has 88 valence electrons. The van der Waals surface area contributed by atoms with Crippen molar-refractivity contribution in [3.8, 4) is 0 Å². The minimum absolute atomic E-state index is 0.586. The first kappa shape index (κ1) is 11.6. The molecule has 16 heavy (non-hydrogen) atoms. The summed E-state index contributed by atoms with van der Waals surface area (Å²) in [7, 11) is 0. The molecule has 1 saturated heterocycles. The zero-order valence-electron chi connectivity index (χ0n) is 9.86. The van der Waals surface area contributed by atoms with E-state index in [1.54, 1.807) is 0 Å². The summed E-state index contributed by atoms with van der Waals surface area (Å²) in [4.78, 5) is 0. The van der Waals surface area contributed by atoms with Crippen molar-refractivity contribution >= 4 is 0 Å². The summed E-state index contributed by atoms with van der Waals surface area (Å²) in [5, 5.41) is 3.61. The van der Waals surface area contributed by atoms with Gasteiger partial charge in [-0.3, -0.25) is 0 Å². The zero-order valence-corrected chi connectivity index (χ0v) is 9.86. The third-order valence-corrected chi connectivity index (χ3v) is 3.56. The van der Waals surface area contributed by atoms with E-state index in [0.29, 0.717) is 12.0 Å². The average Bonchev–Trinajstić information content (AvgIpc) is 2.38. The number of hydrogen-bond donors (Lipinski definition) is 2. The highest BCUT2D eigenvalue weighted by atomic mass is 14.9. The van der Waals surface area contributed by atoms with Gasteiger partial charge in [0.25, 0.3) is 0 Å². The van der Waals surface area contributed by atoms with Crippen LogP contribution in [0.5, 0.6) is 0 Å². The predicted molar refractivity (Wildman–Crippen MR) is 68.3 cm³/mol. The zero-order chi connectivity index (χ0) is 11.2. The number of nitrogens with one attached hydrogen (secondary N) is 1. The van der Waals surface area contributed by atoms with E-state index < -0.39 is 0 Å². The summed E-state index contributed by atoms with van der Waals surface area (Å²) in [5.74, 6) is 0.586. The van der Waals surface area contributed by atoms with E-state index in [1.807, 2.05) is 0 Å². The molecule has 2 rings (SSSR count). The second-order valence-corrected chi connectivity index (χ2v) is 4.74. The Bertz CT molecular complexity index is 291. The van der Waals surface area contributed by atoms with Crippen LogP contribution in [0, 0.1) is 5.92 Å². The third-order valence-electron chi connectivity index (χ3n) is 3.56. The van der Waals surface area contributed by atoms with Gasteiger partial charge in [-0.2, -0.15) is 0 Å². The van der Waals surface area contributed by atoms with Crippen LogP contribution in [0.4, 0.5) is 0 Å². The molecule has 0 aromatic heterocycles. The molecular formula is C14H22N2. The van der Waals surface area contributed by atoms with Crippen LogP contribution < -0.4 is 11.1 Å². The number of rotatable bonds is 4. The van der Waals surface area contributed by atoms with Crippen LogP contribution in [-0.2, 0) is 6.42 Å². The number of piperidine rings is 1. The van der Waals surface area contributed by atoms with Crippen LogP contribution >= 0.6 is 0 Å². The van der Waals surface area contributed by atoms with E-state index >= 15 is 0 Å². The van der Waals surface area contributed by atoms with Gasteiger partial charge in [0, 0.05) is 6.04 Å². The Labute approximate surface area is 98.2 Å². The average molecular weight is 218 g/mol. The van der Waals surface area contributed by atoms with Crippen molar-refractivity contribution < 1.29 is 0 Å². The first-order chi connectivity index (χ1) is 7.90. The van der Waals surface area contributed by atoms with Gasteiger partial charge in [0.05, 0.1) is 0 Å². The first-order valence-electron chi connectivity index (χ1n) is 6.37. The van der Waals surface area contributed by atoms with Gasteiger partial charge in [-0.1, -0.05) is 36.8 Å². The quantitative estimate of drug-likeness (QED) is 0.810. The van der Waals surface area contributed by atoms with Gasteiger partial charge in [-0.05, 0) is 43.8 Å². The molecule has 0 saturated carbocycles. The fraction of sp³-hybridized carbons (Fsp3) is 0.571. The van der Waals surface area contributed by atoms with E-state index in [-0.39, 0.29) is 0 Å². The van der Waals surface area contributed by atoms with Crippen molar-refractivity contribution in [3.05, 3.63) is 35.9 Å². The number of benzene rings is 1. The van der Waals surface area contributed by atoms with Gasteiger partial charge in [-0.15, -0.1) is 0 Å². The fourth-order valence-corrected chi connectivity index (χ4v) is 2.59. The lowest BCUT2D eigenvalue weighted by molar-refractivity contribution is 0.297. The predicted octanol–water partition coefficient (Wildman–Crippen LogP) is 1.95. The normalized spacial score (nSPS) is 22.9. The van der Waals surface area contributed by atoms with E-state index in [0.717, 1.165) is 19.5 Å². The largest absolute Gasteiger partial charge is 0.330 e. The molecule has 1 aromatic carbocycles. The molecule has 0 unspecified atom stereocenters. The van der Waals surface area contributed by atoms with Gasteiger partial charge < -0.3 is 11.1 Å². The molecular weight excluding hydrogens is 196 g/mol. The molecule has 0 aliphatic carbocycles. The Hall–Kier alpha value is -0.860. The molecule has 0 amide bonds. The molecule has 2 atom stereocenters. The van der Waals surface area contributed by atoms with Gasteiger partial charge in [0.15, 0.2) is 0 Å². The van der Waals surface area contributed by atoms with Crippen molar-refractivity contribution in [2.75, 3.05) is 13.1 Å². The summed E-state index contributed by atoms with van der Waals surface area (Å²) in [6.45, 7) is 1.95. The van der Waals surface area contributed by atoms with Gasteiger partial charge in [0.2, 0.25) is 0 Å². The van der Waals surface area contributed by atoms with Gasteiger partial charge >= 0.3 is 0 Å². The van der Waals surface area contributed by atoms with E-state index in [1.165, 1.54) is 24.8 Å². The van der Waals surface area contributed by atoms with E-state index in [2.05, 4.69) is 35.6 Å². The number of hydrogen-bond acceptors (Lipinski definition) is 2. The van der Waals surface area contributed by atoms with Gasteiger partial charge in [0.1, 0.15) is 0 Å². The molecule has 0 spiro atoms. The highest BCUT2D eigenvalue weighted by molar-refractivity contribution is 5.15. The Morgan fingerprint density at radius 1 is 1.25 bits per heavy atom. The van der Waals surface area contributed by atoms with E-state index in [4.69, 9.17) is 5.73 Å². The summed E-state index contributed by atoms with van der Waals surface area (Å²) in [6, 6.07) is 11.3. The summed E-state index contributed by atoms with van der Waals surface area (Å²) < 4.78 is 0. The van der Waals surface area contributed by atoms with Crippen LogP contribution in [0.1, 0.15) is 24.8 Å². The van der Waals surface area contributed by atoms with Crippen molar-refractivity contribution in [3.63, 3.8) is 0 Å². The highest BCUT2D eigenvalue weighted by Crippen LogP contribution is 2.18. The fourth-order valence-electron chi connectivity index (χ4n) is 2.59. The number of nitrogens with two attached hydrogens (primary N) is 1. The summed E-state index contributed by atoms with van der Waals surface area (Å²) in [6.07, 6.45) is 5.06. The van der Waals surface area contributed by atoms with Crippen LogP contribution in [0.2, 0.25) is 0 Å². The summed E-state index contributed by atoms with van der Waals surface area (Å²) in [5.41, 5.74) is 7.32. The smallest absolute Gasteiger partial charge is 0.0111 e. The Morgan fingerprint density at radius 3 is 2.69 bits per heavy atom. The second kappa shape index (κ2) is 6.02. The maximum absolute atomic E-state index is 5.91. The SMILES string of the molecule is NC[C@@H](Cc1ccccc1)[C@@H]1CCCCN1. The Balaban J connectivity index is 1.94. The van der Waals surface area contributed by atoms with Gasteiger partial charge in [-0.25, -0.2) is 0 Å². The molecule has 0 bridgehead atoms. The minimum atomic E-state index is 0.586. The van der Waals surface area contributed by atoms with Crippen LogP contribution in [0.3, 0.4) is 0 Å². The Morgan fingerprint density at radius 2 is 2.06 bits per heavy atom. The standard InChI is InChI=1S/C14H22N2/c15-11-13(14-8-4-5-9-16-14)10-12-6-2-1-3-7-12/h1-3,6-7,13-14,16H,4-5,8-11,15H2/t13-,14+/m1/s1. The molecule has 1 aromatic rings. The molecule has 1 aliphatic heterocycles. The minimum Gasteiger partial charge on any atom is -0.330 e.